The summed E-state index contributed by atoms with van der Waals surface area (Å²) < 4.78 is 29.9. The smallest absolute Gasteiger partial charge is 0.283 e. The van der Waals surface area contributed by atoms with Crippen LogP contribution in [0.2, 0.25) is 0 Å². The van der Waals surface area contributed by atoms with Crippen molar-refractivity contribution in [3.8, 4) is 0 Å². The fourth-order valence-corrected chi connectivity index (χ4v) is 3.90. The zero-order valence-electron chi connectivity index (χ0n) is 12.2. The summed E-state index contributed by atoms with van der Waals surface area (Å²) in [5.74, 6) is 0.536. The fourth-order valence-electron chi connectivity index (χ4n) is 2.45. The second-order valence-corrected chi connectivity index (χ2v) is 7.82. The molecule has 0 bridgehead atoms. The van der Waals surface area contributed by atoms with E-state index in [0.717, 1.165) is 21.3 Å². The molecule has 0 N–H and O–H groups in total. The molecule has 0 spiro atoms. The summed E-state index contributed by atoms with van der Waals surface area (Å²) in [6.45, 7) is 1.92. The monoisotopic (exact) mass is 378 g/mol. The Kier molecular flexibility index (Phi) is 3.82. The largest absolute Gasteiger partial charge is 0.332 e. The van der Waals surface area contributed by atoms with Gasteiger partial charge in [0.1, 0.15) is 5.84 Å². The van der Waals surface area contributed by atoms with Crippen LogP contribution in [-0.4, -0.2) is 21.3 Å². The molecule has 0 saturated heterocycles. The van der Waals surface area contributed by atoms with Gasteiger partial charge in [-0.3, -0.25) is 0 Å². The molecule has 2 aromatic carbocycles. The van der Waals surface area contributed by atoms with Crippen molar-refractivity contribution in [2.75, 3.05) is 11.9 Å². The SMILES string of the molecule is Cc1ccc(S(=O)(=O)N=C2Cc3cc(Br)ccc3N2C)cc1. The minimum Gasteiger partial charge on any atom is -0.332 e. The Balaban J connectivity index is 1.98. The third-order valence-electron chi connectivity index (χ3n) is 3.68. The van der Waals surface area contributed by atoms with Crippen LogP contribution >= 0.6 is 15.9 Å². The number of nitrogens with zero attached hydrogens (tertiary/aromatic N) is 2. The summed E-state index contributed by atoms with van der Waals surface area (Å²) in [4.78, 5) is 2.05. The summed E-state index contributed by atoms with van der Waals surface area (Å²) >= 11 is 3.43. The molecule has 6 heteroatoms. The molecule has 2 aromatic rings. The van der Waals surface area contributed by atoms with Gasteiger partial charge in [0.2, 0.25) is 0 Å². The van der Waals surface area contributed by atoms with Crippen molar-refractivity contribution in [3.63, 3.8) is 0 Å². The number of likely N-dealkylation sites (N-methyl/N-ethyl adjacent to an activating group) is 1. The van der Waals surface area contributed by atoms with E-state index in [4.69, 9.17) is 0 Å². The second-order valence-electron chi connectivity index (χ2n) is 5.30. The van der Waals surface area contributed by atoms with Crippen LogP contribution in [0.1, 0.15) is 11.1 Å². The molecule has 0 radical (unpaired) electrons. The minimum atomic E-state index is -3.69. The number of rotatable bonds is 2. The maximum absolute atomic E-state index is 12.4. The Bertz CT molecular complexity index is 858. The molecule has 114 valence electrons. The first-order chi connectivity index (χ1) is 10.4. The Hall–Kier alpha value is -1.66. The summed E-state index contributed by atoms with van der Waals surface area (Å²) in [6.07, 6.45) is 0.510. The van der Waals surface area contributed by atoms with Crippen LogP contribution in [0.3, 0.4) is 0 Å². The molecule has 0 aromatic heterocycles. The predicted octanol–water partition coefficient (Wildman–Crippen LogP) is 3.54. The molecule has 1 heterocycles. The van der Waals surface area contributed by atoms with Gasteiger partial charge in [-0.25, -0.2) is 0 Å². The third-order valence-corrected chi connectivity index (χ3v) is 5.50. The lowest BCUT2D eigenvalue weighted by molar-refractivity contribution is 0.598. The first kappa shape index (κ1) is 15.2. The lowest BCUT2D eigenvalue weighted by Gasteiger charge is -2.13. The maximum atomic E-state index is 12.4. The van der Waals surface area contributed by atoms with E-state index in [0.29, 0.717) is 12.3 Å². The predicted molar refractivity (Wildman–Crippen MR) is 92.0 cm³/mol. The van der Waals surface area contributed by atoms with Crippen molar-refractivity contribution in [3.05, 3.63) is 58.1 Å². The Labute approximate surface area is 138 Å². The molecule has 1 aliphatic heterocycles. The Morgan fingerprint density at radius 2 is 1.82 bits per heavy atom. The average Bonchev–Trinajstić information content (AvgIpc) is 2.74. The molecule has 0 saturated carbocycles. The molecular weight excluding hydrogens is 364 g/mol. The van der Waals surface area contributed by atoms with Crippen molar-refractivity contribution < 1.29 is 8.42 Å². The van der Waals surface area contributed by atoms with Crippen molar-refractivity contribution >= 4 is 37.5 Å². The summed E-state index contributed by atoms with van der Waals surface area (Å²) in [6, 6.07) is 12.6. The van der Waals surface area contributed by atoms with Crippen LogP contribution < -0.4 is 4.90 Å². The summed E-state index contributed by atoms with van der Waals surface area (Å²) in [7, 11) is -1.85. The molecule has 22 heavy (non-hydrogen) atoms. The highest BCUT2D eigenvalue weighted by atomic mass is 79.9. The van der Waals surface area contributed by atoms with Crippen molar-refractivity contribution in [2.45, 2.75) is 18.2 Å². The maximum Gasteiger partial charge on any atom is 0.283 e. The number of amidine groups is 1. The number of fused-ring (bicyclic) bond motifs is 1. The topological polar surface area (TPSA) is 49.7 Å². The van der Waals surface area contributed by atoms with Crippen LogP contribution in [0.5, 0.6) is 0 Å². The molecule has 4 nitrogen and oxygen atoms in total. The van der Waals surface area contributed by atoms with Gasteiger partial charge in [-0.15, -0.1) is 4.40 Å². The Morgan fingerprint density at radius 3 is 2.50 bits per heavy atom. The van der Waals surface area contributed by atoms with E-state index in [1.165, 1.54) is 0 Å². The number of hydrogen-bond acceptors (Lipinski definition) is 2. The third kappa shape index (κ3) is 2.80. The van der Waals surface area contributed by atoms with E-state index in [2.05, 4.69) is 20.3 Å². The first-order valence-corrected chi connectivity index (χ1v) is 9.03. The number of aryl methyl sites for hydroxylation is 1. The quantitative estimate of drug-likeness (QED) is 0.802. The number of sulfonamides is 1. The van der Waals surface area contributed by atoms with Gasteiger partial charge in [0, 0.05) is 23.6 Å². The number of hydrogen-bond donors (Lipinski definition) is 0. The number of anilines is 1. The van der Waals surface area contributed by atoms with E-state index >= 15 is 0 Å². The molecule has 3 rings (SSSR count). The van der Waals surface area contributed by atoms with Gasteiger partial charge in [0.15, 0.2) is 0 Å². The summed E-state index contributed by atoms with van der Waals surface area (Å²) in [5.41, 5.74) is 3.07. The Morgan fingerprint density at radius 1 is 1.14 bits per heavy atom. The molecule has 1 aliphatic rings. The molecule has 0 fully saturated rings. The fraction of sp³-hybridized carbons (Fsp3) is 0.188. The van der Waals surface area contributed by atoms with E-state index in [1.807, 2.05) is 37.1 Å². The lowest BCUT2D eigenvalue weighted by Crippen LogP contribution is -2.23. The van der Waals surface area contributed by atoms with Crippen LogP contribution in [0.15, 0.2) is 56.2 Å². The normalized spacial score (nSPS) is 16.1. The second kappa shape index (κ2) is 5.52. The van der Waals surface area contributed by atoms with Gasteiger partial charge < -0.3 is 4.90 Å². The number of halogens is 1. The van der Waals surface area contributed by atoms with Crippen LogP contribution in [-0.2, 0) is 16.4 Å². The van der Waals surface area contributed by atoms with E-state index in [-0.39, 0.29) is 4.90 Å². The highest BCUT2D eigenvalue weighted by Gasteiger charge is 2.25. The highest BCUT2D eigenvalue weighted by Crippen LogP contribution is 2.31. The zero-order valence-corrected chi connectivity index (χ0v) is 14.6. The van der Waals surface area contributed by atoms with Crippen molar-refractivity contribution in [1.82, 2.24) is 0 Å². The standard InChI is InChI=1S/C16H15BrN2O2S/c1-11-3-6-14(7-4-11)22(20,21)18-16-10-12-9-13(17)5-8-15(12)19(16)2/h3-9H,10H2,1-2H3. The van der Waals surface area contributed by atoms with Gasteiger partial charge in [0.05, 0.1) is 4.90 Å². The molecule has 0 amide bonds. The van der Waals surface area contributed by atoms with E-state index in [9.17, 15) is 8.42 Å². The molecule has 0 unspecified atom stereocenters. The average molecular weight is 379 g/mol. The highest BCUT2D eigenvalue weighted by molar-refractivity contribution is 9.10. The van der Waals surface area contributed by atoms with Crippen LogP contribution in [0.4, 0.5) is 5.69 Å². The van der Waals surface area contributed by atoms with Gasteiger partial charge in [-0.05, 0) is 42.8 Å². The minimum absolute atomic E-state index is 0.219. The number of benzene rings is 2. The van der Waals surface area contributed by atoms with Crippen molar-refractivity contribution in [2.24, 2.45) is 4.40 Å². The summed E-state index contributed by atoms with van der Waals surface area (Å²) in [5, 5.41) is 0. The van der Waals surface area contributed by atoms with E-state index < -0.39 is 10.0 Å². The zero-order chi connectivity index (χ0) is 15.9. The van der Waals surface area contributed by atoms with Gasteiger partial charge in [-0.2, -0.15) is 8.42 Å². The van der Waals surface area contributed by atoms with Crippen LogP contribution in [0, 0.1) is 6.92 Å². The van der Waals surface area contributed by atoms with Gasteiger partial charge in [-0.1, -0.05) is 33.6 Å². The molecule has 0 atom stereocenters. The van der Waals surface area contributed by atoms with Crippen molar-refractivity contribution in [1.29, 1.82) is 0 Å². The van der Waals surface area contributed by atoms with Crippen LogP contribution in [0.25, 0.3) is 0 Å². The molecular formula is C16H15BrN2O2S. The lowest BCUT2D eigenvalue weighted by atomic mass is 10.2. The molecule has 0 aliphatic carbocycles. The first-order valence-electron chi connectivity index (χ1n) is 6.79. The van der Waals surface area contributed by atoms with Gasteiger partial charge >= 0.3 is 0 Å². The van der Waals surface area contributed by atoms with E-state index in [1.54, 1.807) is 24.3 Å². The van der Waals surface area contributed by atoms with Gasteiger partial charge in [0.25, 0.3) is 10.0 Å².